The minimum atomic E-state index is 0.796. The number of aliphatic imine (C=N–C) groups is 1. The summed E-state index contributed by atoms with van der Waals surface area (Å²) >= 11 is 1.69. The SMILES string of the molecule is CCCCCCCOc1ccc2c(c1)CSC(n1cnnc1)=N2. The Kier molecular flexibility index (Phi) is 5.69. The Morgan fingerprint density at radius 2 is 1.96 bits per heavy atom. The molecule has 0 aliphatic carbocycles. The van der Waals surface area contributed by atoms with Gasteiger partial charge in [-0.15, -0.1) is 10.2 Å². The number of ether oxygens (including phenoxy) is 1. The summed E-state index contributed by atoms with van der Waals surface area (Å²) in [4.78, 5) is 4.67. The number of fused-ring (bicyclic) bond motifs is 1. The summed E-state index contributed by atoms with van der Waals surface area (Å²) in [6.45, 7) is 3.03. The van der Waals surface area contributed by atoms with Gasteiger partial charge in [0.1, 0.15) is 18.4 Å². The van der Waals surface area contributed by atoms with Gasteiger partial charge in [0, 0.05) is 5.75 Å². The van der Waals surface area contributed by atoms with E-state index in [1.54, 1.807) is 24.4 Å². The minimum Gasteiger partial charge on any atom is -0.494 e. The summed E-state index contributed by atoms with van der Waals surface area (Å²) in [5.41, 5.74) is 2.22. The average molecular weight is 330 g/mol. The number of aromatic nitrogens is 3. The number of hydrogen-bond donors (Lipinski definition) is 0. The second-order valence-electron chi connectivity index (χ2n) is 5.61. The van der Waals surface area contributed by atoms with Crippen LogP contribution in [0.5, 0.6) is 5.75 Å². The molecular weight excluding hydrogens is 308 g/mol. The van der Waals surface area contributed by atoms with E-state index in [4.69, 9.17) is 4.74 Å². The van der Waals surface area contributed by atoms with Crippen LogP contribution in [0.1, 0.15) is 44.6 Å². The number of unbranched alkanes of at least 4 members (excludes halogenated alkanes) is 4. The van der Waals surface area contributed by atoms with Crippen molar-refractivity contribution in [1.29, 1.82) is 0 Å². The topological polar surface area (TPSA) is 52.3 Å². The molecule has 0 bridgehead atoms. The van der Waals surface area contributed by atoms with Gasteiger partial charge in [-0.25, -0.2) is 4.99 Å². The van der Waals surface area contributed by atoms with Crippen LogP contribution < -0.4 is 4.74 Å². The van der Waals surface area contributed by atoms with Gasteiger partial charge in [-0.3, -0.25) is 4.57 Å². The number of nitrogens with zero attached hydrogens (tertiary/aromatic N) is 4. The molecule has 0 amide bonds. The molecule has 0 N–H and O–H groups in total. The second-order valence-corrected chi connectivity index (χ2v) is 6.55. The van der Waals surface area contributed by atoms with Gasteiger partial charge in [-0.2, -0.15) is 0 Å². The Labute approximate surface area is 141 Å². The summed E-state index contributed by atoms with van der Waals surface area (Å²) in [5, 5.41) is 8.56. The van der Waals surface area contributed by atoms with Crippen molar-refractivity contribution < 1.29 is 4.74 Å². The monoisotopic (exact) mass is 330 g/mol. The molecule has 23 heavy (non-hydrogen) atoms. The molecule has 0 atom stereocenters. The smallest absolute Gasteiger partial charge is 0.175 e. The number of hydrogen-bond acceptors (Lipinski definition) is 5. The lowest BCUT2D eigenvalue weighted by Crippen LogP contribution is -2.09. The Bertz CT molecular complexity index is 655. The van der Waals surface area contributed by atoms with Crippen LogP contribution in [-0.4, -0.2) is 26.5 Å². The first-order valence-corrected chi connectivity index (χ1v) is 9.17. The molecule has 6 heteroatoms. The van der Waals surface area contributed by atoms with Crippen LogP contribution in [0.2, 0.25) is 0 Å². The molecule has 2 aromatic rings. The van der Waals surface area contributed by atoms with Gasteiger partial charge in [-0.05, 0) is 30.2 Å². The fourth-order valence-electron chi connectivity index (χ4n) is 2.48. The molecule has 2 heterocycles. The van der Waals surface area contributed by atoms with E-state index >= 15 is 0 Å². The zero-order valence-electron chi connectivity index (χ0n) is 13.4. The first-order chi connectivity index (χ1) is 11.4. The van der Waals surface area contributed by atoms with E-state index in [9.17, 15) is 0 Å². The largest absolute Gasteiger partial charge is 0.494 e. The van der Waals surface area contributed by atoms with E-state index in [2.05, 4.69) is 28.2 Å². The summed E-state index contributed by atoms with van der Waals surface area (Å²) in [6, 6.07) is 6.15. The van der Waals surface area contributed by atoms with Crippen LogP contribution in [0.4, 0.5) is 5.69 Å². The third kappa shape index (κ3) is 4.34. The van der Waals surface area contributed by atoms with Crippen LogP contribution in [0.3, 0.4) is 0 Å². The highest BCUT2D eigenvalue weighted by Gasteiger charge is 2.15. The Balaban J connectivity index is 1.56. The molecule has 0 radical (unpaired) electrons. The normalized spacial score (nSPS) is 13.5. The van der Waals surface area contributed by atoms with E-state index in [0.717, 1.165) is 35.4 Å². The quantitative estimate of drug-likeness (QED) is 0.706. The van der Waals surface area contributed by atoms with Crippen LogP contribution >= 0.6 is 11.8 Å². The van der Waals surface area contributed by atoms with Gasteiger partial charge < -0.3 is 4.74 Å². The zero-order chi connectivity index (χ0) is 15.9. The molecule has 0 unspecified atom stereocenters. The summed E-state index contributed by atoms with van der Waals surface area (Å²) in [5.74, 6) is 1.84. The average Bonchev–Trinajstić information content (AvgIpc) is 3.12. The lowest BCUT2D eigenvalue weighted by molar-refractivity contribution is 0.304. The summed E-state index contributed by atoms with van der Waals surface area (Å²) in [6.07, 6.45) is 9.63. The molecule has 0 fully saturated rings. The highest BCUT2D eigenvalue weighted by Crippen LogP contribution is 2.34. The highest BCUT2D eigenvalue weighted by molar-refractivity contribution is 8.13. The van der Waals surface area contributed by atoms with Crippen molar-refractivity contribution in [3.63, 3.8) is 0 Å². The molecule has 1 aromatic carbocycles. The Morgan fingerprint density at radius 3 is 2.78 bits per heavy atom. The predicted molar refractivity (Wildman–Crippen MR) is 94.5 cm³/mol. The van der Waals surface area contributed by atoms with Gasteiger partial charge >= 0.3 is 0 Å². The molecule has 1 aliphatic rings. The Hall–Kier alpha value is -1.82. The summed E-state index contributed by atoms with van der Waals surface area (Å²) in [7, 11) is 0. The van der Waals surface area contributed by atoms with E-state index in [1.807, 2.05) is 16.7 Å². The third-order valence-corrected chi connectivity index (χ3v) is 4.80. The van der Waals surface area contributed by atoms with Gasteiger partial charge in [0.25, 0.3) is 0 Å². The van der Waals surface area contributed by atoms with Crippen molar-refractivity contribution in [3.05, 3.63) is 36.4 Å². The van der Waals surface area contributed by atoms with Crippen molar-refractivity contribution in [2.24, 2.45) is 4.99 Å². The number of rotatable bonds is 7. The molecule has 5 nitrogen and oxygen atoms in total. The van der Waals surface area contributed by atoms with Crippen molar-refractivity contribution in [2.45, 2.75) is 44.8 Å². The summed E-state index contributed by atoms with van der Waals surface area (Å²) < 4.78 is 7.71. The van der Waals surface area contributed by atoms with Gasteiger partial charge in [0.2, 0.25) is 0 Å². The van der Waals surface area contributed by atoms with Crippen molar-refractivity contribution in [3.8, 4) is 5.75 Å². The maximum atomic E-state index is 5.87. The van der Waals surface area contributed by atoms with Crippen LogP contribution in [0, 0.1) is 0 Å². The van der Waals surface area contributed by atoms with E-state index in [0.29, 0.717) is 0 Å². The molecule has 0 saturated carbocycles. The molecule has 1 aliphatic heterocycles. The van der Waals surface area contributed by atoms with Crippen LogP contribution in [0.25, 0.3) is 0 Å². The minimum absolute atomic E-state index is 0.796. The van der Waals surface area contributed by atoms with Gasteiger partial charge in [0.05, 0.1) is 12.3 Å². The van der Waals surface area contributed by atoms with Crippen molar-refractivity contribution in [2.75, 3.05) is 6.61 Å². The van der Waals surface area contributed by atoms with Gasteiger partial charge in [-0.1, -0.05) is 44.4 Å². The van der Waals surface area contributed by atoms with E-state index in [-0.39, 0.29) is 0 Å². The molecule has 1 aromatic heterocycles. The van der Waals surface area contributed by atoms with Gasteiger partial charge in [0.15, 0.2) is 5.17 Å². The molecule has 0 spiro atoms. The van der Waals surface area contributed by atoms with E-state index in [1.165, 1.54) is 31.2 Å². The third-order valence-electron chi connectivity index (χ3n) is 3.78. The second kappa shape index (κ2) is 8.15. The number of thioether (sulfide) groups is 1. The molecule has 3 rings (SSSR count). The first-order valence-electron chi connectivity index (χ1n) is 8.19. The molecule has 122 valence electrons. The van der Waals surface area contributed by atoms with Crippen LogP contribution in [0.15, 0.2) is 35.8 Å². The standard InChI is InChI=1S/C17H22N4OS/c1-2-3-4-5-6-9-22-15-7-8-16-14(10-15)11-23-17(20-16)21-12-18-19-13-21/h7-8,10,12-13H,2-6,9,11H2,1H3. The van der Waals surface area contributed by atoms with E-state index < -0.39 is 0 Å². The van der Waals surface area contributed by atoms with Crippen LogP contribution in [-0.2, 0) is 5.75 Å². The first kappa shape index (κ1) is 16.1. The highest BCUT2D eigenvalue weighted by atomic mass is 32.2. The zero-order valence-corrected chi connectivity index (χ0v) is 14.3. The molecular formula is C17H22N4OS. The fraction of sp³-hybridized carbons (Fsp3) is 0.471. The fourth-order valence-corrected chi connectivity index (χ4v) is 3.40. The van der Waals surface area contributed by atoms with Crippen molar-refractivity contribution in [1.82, 2.24) is 14.8 Å². The number of benzene rings is 1. The molecule has 0 saturated heterocycles. The maximum absolute atomic E-state index is 5.87. The predicted octanol–water partition coefficient (Wildman–Crippen LogP) is 4.41. The maximum Gasteiger partial charge on any atom is 0.175 e. The van der Waals surface area contributed by atoms with Crippen molar-refractivity contribution >= 4 is 22.6 Å². The lowest BCUT2D eigenvalue weighted by atomic mass is 10.1. The lowest BCUT2D eigenvalue weighted by Gasteiger charge is -2.16. The Morgan fingerprint density at radius 1 is 1.13 bits per heavy atom.